The van der Waals surface area contributed by atoms with Crippen LogP contribution >= 0.6 is 0 Å². The van der Waals surface area contributed by atoms with Gasteiger partial charge in [-0.2, -0.15) is 0 Å². The molecule has 2 aromatic heterocycles. The fraction of sp³-hybridized carbons (Fsp3) is 0.292. The number of carbonyl (C=O) groups is 1. The van der Waals surface area contributed by atoms with Crippen LogP contribution in [0.5, 0.6) is 5.75 Å². The topological polar surface area (TPSA) is 58.5 Å². The molecular weight excluding hydrogens is 383 g/mol. The van der Waals surface area contributed by atoms with Crippen molar-refractivity contribution in [1.29, 1.82) is 0 Å². The lowest BCUT2D eigenvalue weighted by Crippen LogP contribution is -2.38. The second-order valence-corrected chi connectivity index (χ2v) is 7.92. The van der Waals surface area contributed by atoms with Gasteiger partial charge in [-0.25, -0.2) is 4.39 Å². The number of halogens is 1. The summed E-state index contributed by atoms with van der Waals surface area (Å²) < 4.78 is 24.7. The molecule has 2 aromatic carbocycles. The van der Waals surface area contributed by atoms with E-state index in [1.807, 2.05) is 24.0 Å². The molecule has 4 aromatic rings. The zero-order chi connectivity index (χ0) is 20.8. The number of aryl methyl sites for hydroxylation is 1. The van der Waals surface area contributed by atoms with Crippen molar-refractivity contribution in [2.24, 2.45) is 0 Å². The molecule has 0 aliphatic carbocycles. The summed E-state index contributed by atoms with van der Waals surface area (Å²) in [5, 5.41) is 1.83. The number of fused-ring (bicyclic) bond motifs is 2. The highest BCUT2D eigenvalue weighted by atomic mass is 19.1. The molecule has 0 unspecified atom stereocenters. The SMILES string of the molecule is COc1ccc2[nH]cc(C3CCN(C(=O)c4oc5ccc(F)cc5c4C)CC3)c2c1. The van der Waals surface area contributed by atoms with Gasteiger partial charge in [0, 0.05) is 41.1 Å². The average molecular weight is 406 g/mol. The molecule has 0 saturated carbocycles. The minimum absolute atomic E-state index is 0.122. The van der Waals surface area contributed by atoms with E-state index < -0.39 is 0 Å². The lowest BCUT2D eigenvalue weighted by Gasteiger charge is -2.31. The summed E-state index contributed by atoms with van der Waals surface area (Å²) in [6, 6.07) is 10.4. The van der Waals surface area contributed by atoms with E-state index in [9.17, 15) is 9.18 Å². The van der Waals surface area contributed by atoms with Crippen LogP contribution in [0.15, 0.2) is 47.0 Å². The Morgan fingerprint density at radius 2 is 1.97 bits per heavy atom. The fourth-order valence-corrected chi connectivity index (χ4v) is 4.52. The normalized spacial score (nSPS) is 15.2. The molecule has 154 valence electrons. The number of ether oxygens (including phenoxy) is 1. The zero-order valence-electron chi connectivity index (χ0n) is 17.0. The third kappa shape index (κ3) is 3.03. The Kier molecular flexibility index (Phi) is 4.50. The predicted octanol–water partition coefficient (Wildman–Crippen LogP) is 5.39. The fourth-order valence-electron chi connectivity index (χ4n) is 4.52. The van der Waals surface area contributed by atoms with Gasteiger partial charge in [0.1, 0.15) is 17.1 Å². The van der Waals surface area contributed by atoms with Gasteiger partial charge in [-0.05, 0) is 67.6 Å². The maximum Gasteiger partial charge on any atom is 0.289 e. The first-order valence-electron chi connectivity index (χ1n) is 10.2. The van der Waals surface area contributed by atoms with Gasteiger partial charge in [-0.15, -0.1) is 0 Å². The number of likely N-dealkylation sites (tertiary alicyclic amines) is 1. The Morgan fingerprint density at radius 3 is 2.73 bits per heavy atom. The number of furan rings is 1. The number of hydrogen-bond acceptors (Lipinski definition) is 3. The summed E-state index contributed by atoms with van der Waals surface area (Å²) >= 11 is 0. The van der Waals surface area contributed by atoms with Gasteiger partial charge < -0.3 is 19.0 Å². The smallest absolute Gasteiger partial charge is 0.289 e. The molecule has 5 rings (SSSR count). The summed E-state index contributed by atoms with van der Waals surface area (Å²) in [6.45, 7) is 3.13. The largest absolute Gasteiger partial charge is 0.497 e. The van der Waals surface area contributed by atoms with Crippen molar-refractivity contribution in [3.63, 3.8) is 0 Å². The van der Waals surface area contributed by atoms with E-state index in [1.165, 1.54) is 23.1 Å². The molecule has 1 fully saturated rings. The number of methoxy groups -OCH3 is 1. The molecule has 6 heteroatoms. The molecule has 0 bridgehead atoms. The molecule has 1 aliphatic rings. The molecule has 30 heavy (non-hydrogen) atoms. The molecule has 0 atom stereocenters. The van der Waals surface area contributed by atoms with Gasteiger partial charge in [-0.1, -0.05) is 0 Å². The van der Waals surface area contributed by atoms with Crippen LogP contribution in [0.1, 0.15) is 40.4 Å². The Bertz CT molecular complexity index is 1250. The highest BCUT2D eigenvalue weighted by molar-refractivity contribution is 5.99. The number of piperidine rings is 1. The summed E-state index contributed by atoms with van der Waals surface area (Å²) in [5.41, 5.74) is 3.60. The summed E-state index contributed by atoms with van der Waals surface area (Å²) in [4.78, 5) is 18.3. The molecule has 1 amide bonds. The van der Waals surface area contributed by atoms with Gasteiger partial charge in [-0.3, -0.25) is 4.79 Å². The standard InChI is InChI=1S/C24H23FN2O3/c1-14-18-11-16(25)3-6-22(18)30-23(14)24(28)27-9-7-15(8-10-27)20-13-26-21-5-4-17(29-2)12-19(20)21/h3-6,11-13,15,26H,7-10H2,1-2H3. The van der Waals surface area contributed by atoms with E-state index in [4.69, 9.17) is 9.15 Å². The van der Waals surface area contributed by atoms with Crippen LogP contribution in [0.4, 0.5) is 4.39 Å². The van der Waals surface area contributed by atoms with Crippen LogP contribution in [0.3, 0.4) is 0 Å². The van der Waals surface area contributed by atoms with Crippen LogP contribution in [-0.4, -0.2) is 36.0 Å². The molecular formula is C24H23FN2O3. The highest BCUT2D eigenvalue weighted by Gasteiger charge is 2.29. The molecule has 3 heterocycles. The van der Waals surface area contributed by atoms with Crippen molar-refractivity contribution >= 4 is 27.8 Å². The van der Waals surface area contributed by atoms with Gasteiger partial charge in [0.25, 0.3) is 5.91 Å². The number of nitrogens with one attached hydrogen (secondary N) is 1. The number of H-pyrrole nitrogens is 1. The summed E-state index contributed by atoms with van der Waals surface area (Å²) in [7, 11) is 1.67. The molecule has 0 radical (unpaired) electrons. The van der Waals surface area contributed by atoms with Gasteiger partial charge >= 0.3 is 0 Å². The number of aromatic amines is 1. The maximum atomic E-state index is 13.6. The Hall–Kier alpha value is -3.28. The predicted molar refractivity (Wildman–Crippen MR) is 114 cm³/mol. The number of benzene rings is 2. The van der Waals surface area contributed by atoms with Crippen molar-refractivity contribution in [2.75, 3.05) is 20.2 Å². The molecule has 1 aliphatic heterocycles. The second kappa shape index (κ2) is 7.20. The Morgan fingerprint density at radius 1 is 1.17 bits per heavy atom. The third-order valence-corrected chi connectivity index (χ3v) is 6.24. The zero-order valence-corrected chi connectivity index (χ0v) is 17.0. The average Bonchev–Trinajstić information content (AvgIpc) is 3.34. The third-order valence-electron chi connectivity index (χ3n) is 6.24. The van der Waals surface area contributed by atoms with Crippen molar-refractivity contribution < 1.29 is 18.3 Å². The minimum atomic E-state index is -0.332. The van der Waals surface area contributed by atoms with E-state index in [2.05, 4.69) is 17.2 Å². The van der Waals surface area contributed by atoms with E-state index in [1.54, 1.807) is 13.2 Å². The quantitative estimate of drug-likeness (QED) is 0.496. The number of nitrogens with zero attached hydrogens (tertiary/aromatic N) is 1. The van der Waals surface area contributed by atoms with Gasteiger partial charge in [0.2, 0.25) is 0 Å². The van der Waals surface area contributed by atoms with Crippen LogP contribution in [0.25, 0.3) is 21.9 Å². The van der Waals surface area contributed by atoms with Crippen molar-refractivity contribution in [1.82, 2.24) is 9.88 Å². The maximum absolute atomic E-state index is 13.6. The van der Waals surface area contributed by atoms with Gasteiger partial charge in [0.05, 0.1) is 7.11 Å². The van der Waals surface area contributed by atoms with Crippen LogP contribution in [0, 0.1) is 12.7 Å². The first-order valence-corrected chi connectivity index (χ1v) is 10.2. The highest BCUT2D eigenvalue weighted by Crippen LogP contribution is 2.35. The van der Waals surface area contributed by atoms with E-state index in [-0.39, 0.29) is 11.7 Å². The molecule has 5 nitrogen and oxygen atoms in total. The van der Waals surface area contributed by atoms with E-state index in [0.29, 0.717) is 41.3 Å². The van der Waals surface area contributed by atoms with Gasteiger partial charge in [0.15, 0.2) is 5.76 Å². The van der Waals surface area contributed by atoms with Crippen LogP contribution < -0.4 is 4.74 Å². The van der Waals surface area contributed by atoms with Crippen LogP contribution in [0.2, 0.25) is 0 Å². The number of carbonyl (C=O) groups excluding carboxylic acids is 1. The van der Waals surface area contributed by atoms with E-state index >= 15 is 0 Å². The monoisotopic (exact) mass is 406 g/mol. The van der Waals surface area contributed by atoms with Crippen molar-refractivity contribution in [3.05, 3.63) is 65.3 Å². The Labute approximate surface area is 173 Å². The van der Waals surface area contributed by atoms with Crippen molar-refractivity contribution in [3.8, 4) is 5.75 Å². The summed E-state index contributed by atoms with van der Waals surface area (Å²) in [5.74, 6) is 1.07. The second-order valence-electron chi connectivity index (χ2n) is 7.92. The minimum Gasteiger partial charge on any atom is -0.497 e. The number of hydrogen-bond donors (Lipinski definition) is 1. The summed E-state index contributed by atoms with van der Waals surface area (Å²) in [6.07, 6.45) is 3.83. The first-order chi connectivity index (χ1) is 14.5. The lowest BCUT2D eigenvalue weighted by atomic mass is 9.89. The number of rotatable bonds is 3. The number of amides is 1. The van der Waals surface area contributed by atoms with Crippen LogP contribution in [-0.2, 0) is 0 Å². The van der Waals surface area contributed by atoms with E-state index in [0.717, 1.165) is 24.1 Å². The van der Waals surface area contributed by atoms with Crippen molar-refractivity contribution in [2.45, 2.75) is 25.7 Å². The molecule has 1 N–H and O–H groups in total. The Balaban J connectivity index is 1.35. The lowest BCUT2D eigenvalue weighted by molar-refractivity contribution is 0.0682. The molecule has 1 saturated heterocycles. The first kappa shape index (κ1) is 18.7. The molecule has 0 spiro atoms. The number of aromatic nitrogens is 1.